The van der Waals surface area contributed by atoms with E-state index in [0.29, 0.717) is 13.0 Å². The SMILES string of the molecule is CCC/C=C\C/C=C\CCCCCCCC(=O)OC(COCCCCCCCCCCCCCCCCCCCCCC)COP(=O)(O)OCC(O)CO. The normalized spacial score (nSPS) is 14.2. The monoisotopic (exact) mass is 789 g/mol. The summed E-state index contributed by atoms with van der Waals surface area (Å²) < 4.78 is 33.4. The van der Waals surface area contributed by atoms with E-state index >= 15 is 0 Å². The first kappa shape index (κ1) is 52.9. The number of unbranched alkanes of at least 4 members (excludes halogenated alkanes) is 25. The average Bonchev–Trinajstić information content (AvgIpc) is 3.16. The molecule has 0 aromatic carbocycles. The van der Waals surface area contributed by atoms with Gasteiger partial charge in [0, 0.05) is 13.0 Å². The minimum Gasteiger partial charge on any atom is -0.457 e. The topological polar surface area (TPSA) is 132 Å². The Hall–Kier alpha value is -1.06. The van der Waals surface area contributed by atoms with Gasteiger partial charge < -0.3 is 24.6 Å². The van der Waals surface area contributed by atoms with E-state index in [0.717, 1.165) is 57.8 Å². The predicted octanol–water partition coefficient (Wildman–Crippen LogP) is 12.3. The standard InChI is InChI=1S/C44H85O9P/c1-3-5-7-9-11-13-15-17-18-19-20-21-22-23-25-27-29-31-33-35-37-50-40-43(41-52-54(48,49)51-39-42(46)38-45)53-44(47)36-34-32-30-28-26-24-16-14-12-10-8-6-4-2/h8,10,14,16,42-43,45-46H,3-7,9,11-13,15,17-41H2,1-2H3,(H,48,49)/b10-8-,16-14-. The van der Waals surface area contributed by atoms with Crippen LogP contribution in [-0.4, -0.2) is 66.3 Å². The second-order valence-electron chi connectivity index (χ2n) is 15.1. The van der Waals surface area contributed by atoms with Gasteiger partial charge in [0.2, 0.25) is 0 Å². The molecule has 3 unspecified atom stereocenters. The molecule has 0 heterocycles. The van der Waals surface area contributed by atoms with Crippen molar-refractivity contribution in [3.63, 3.8) is 0 Å². The van der Waals surface area contributed by atoms with Crippen molar-refractivity contribution in [2.45, 2.75) is 219 Å². The number of rotatable bonds is 43. The number of aliphatic hydroxyl groups is 2. The fourth-order valence-electron chi connectivity index (χ4n) is 6.22. The summed E-state index contributed by atoms with van der Waals surface area (Å²) in [6, 6.07) is 0. The van der Waals surface area contributed by atoms with E-state index in [1.54, 1.807) is 0 Å². The molecule has 0 saturated heterocycles. The maximum Gasteiger partial charge on any atom is 0.472 e. The van der Waals surface area contributed by atoms with E-state index in [2.05, 4.69) is 38.2 Å². The third-order valence-corrected chi connectivity index (χ3v) is 10.6. The molecular formula is C44H85O9P. The highest BCUT2D eigenvalue weighted by molar-refractivity contribution is 7.47. The fourth-order valence-corrected chi connectivity index (χ4v) is 7.01. The second kappa shape index (κ2) is 41.6. The number of ether oxygens (including phenoxy) is 2. The molecule has 0 aromatic heterocycles. The maximum absolute atomic E-state index is 12.6. The number of hydrogen-bond acceptors (Lipinski definition) is 8. The Bertz CT molecular complexity index is 897. The molecule has 3 atom stereocenters. The Balaban J connectivity index is 4.09. The predicted molar refractivity (Wildman–Crippen MR) is 224 cm³/mol. The highest BCUT2D eigenvalue weighted by Gasteiger charge is 2.26. The highest BCUT2D eigenvalue weighted by atomic mass is 31.2. The van der Waals surface area contributed by atoms with E-state index in [-0.39, 0.29) is 19.6 Å². The summed E-state index contributed by atoms with van der Waals surface area (Å²) in [6.45, 7) is 3.47. The lowest BCUT2D eigenvalue weighted by molar-refractivity contribution is -0.154. The van der Waals surface area contributed by atoms with E-state index < -0.39 is 39.2 Å². The molecule has 0 radical (unpaired) electrons. The number of carbonyl (C=O) groups excluding carboxylic acids is 1. The van der Waals surface area contributed by atoms with Crippen LogP contribution in [0.15, 0.2) is 24.3 Å². The van der Waals surface area contributed by atoms with Crippen LogP contribution in [0.5, 0.6) is 0 Å². The number of allylic oxidation sites excluding steroid dienone is 4. The molecule has 9 nitrogen and oxygen atoms in total. The van der Waals surface area contributed by atoms with Gasteiger partial charge in [0.05, 0.1) is 26.4 Å². The molecule has 320 valence electrons. The van der Waals surface area contributed by atoms with Gasteiger partial charge >= 0.3 is 13.8 Å². The Labute approximate surface area is 332 Å². The zero-order valence-electron chi connectivity index (χ0n) is 35.0. The van der Waals surface area contributed by atoms with Crippen molar-refractivity contribution in [3.05, 3.63) is 24.3 Å². The van der Waals surface area contributed by atoms with Gasteiger partial charge in [-0.3, -0.25) is 13.8 Å². The lowest BCUT2D eigenvalue weighted by Crippen LogP contribution is -2.29. The van der Waals surface area contributed by atoms with Gasteiger partial charge in [0.1, 0.15) is 12.2 Å². The lowest BCUT2D eigenvalue weighted by Gasteiger charge is -2.20. The van der Waals surface area contributed by atoms with Crippen molar-refractivity contribution in [1.82, 2.24) is 0 Å². The number of hydrogen-bond donors (Lipinski definition) is 3. The fraction of sp³-hybridized carbons (Fsp3) is 0.886. The van der Waals surface area contributed by atoms with Crippen molar-refractivity contribution in [2.24, 2.45) is 0 Å². The molecule has 0 aliphatic heterocycles. The number of aliphatic hydroxyl groups excluding tert-OH is 2. The summed E-state index contributed by atoms with van der Waals surface area (Å²) >= 11 is 0. The summed E-state index contributed by atoms with van der Waals surface area (Å²) in [5, 5.41) is 18.3. The van der Waals surface area contributed by atoms with Crippen LogP contribution in [-0.2, 0) is 27.9 Å². The van der Waals surface area contributed by atoms with E-state index in [1.165, 1.54) is 122 Å². The van der Waals surface area contributed by atoms with Crippen LogP contribution in [0.3, 0.4) is 0 Å². The first-order valence-electron chi connectivity index (χ1n) is 22.3. The zero-order valence-corrected chi connectivity index (χ0v) is 35.8. The average molecular weight is 789 g/mol. The van der Waals surface area contributed by atoms with Crippen LogP contribution < -0.4 is 0 Å². The molecule has 0 rings (SSSR count). The lowest BCUT2D eigenvalue weighted by atomic mass is 10.0. The summed E-state index contributed by atoms with van der Waals surface area (Å²) in [7, 11) is -4.52. The van der Waals surface area contributed by atoms with Crippen LogP contribution in [0.1, 0.15) is 206 Å². The molecule has 0 amide bonds. The number of phosphoric acid groups is 1. The first-order chi connectivity index (χ1) is 26.3. The molecule has 0 saturated carbocycles. The molecule has 0 bridgehead atoms. The van der Waals surface area contributed by atoms with Crippen LogP contribution in [0.25, 0.3) is 0 Å². The van der Waals surface area contributed by atoms with Crippen LogP contribution in [0.4, 0.5) is 0 Å². The minimum absolute atomic E-state index is 0.0477. The van der Waals surface area contributed by atoms with Crippen LogP contribution in [0.2, 0.25) is 0 Å². The van der Waals surface area contributed by atoms with Gasteiger partial charge in [-0.05, 0) is 38.5 Å². The molecule has 0 fully saturated rings. The van der Waals surface area contributed by atoms with E-state index in [9.17, 15) is 19.4 Å². The molecule has 0 aliphatic carbocycles. The van der Waals surface area contributed by atoms with Crippen LogP contribution >= 0.6 is 7.82 Å². The van der Waals surface area contributed by atoms with Gasteiger partial charge in [-0.25, -0.2) is 4.57 Å². The smallest absolute Gasteiger partial charge is 0.457 e. The summed E-state index contributed by atoms with van der Waals surface area (Å²) in [5.74, 6) is -0.394. The minimum atomic E-state index is -4.52. The van der Waals surface area contributed by atoms with Crippen molar-refractivity contribution in [1.29, 1.82) is 0 Å². The van der Waals surface area contributed by atoms with Crippen LogP contribution in [0, 0.1) is 0 Å². The molecule has 54 heavy (non-hydrogen) atoms. The molecule has 10 heteroatoms. The molecular weight excluding hydrogens is 703 g/mol. The molecule has 0 aromatic rings. The largest absolute Gasteiger partial charge is 0.472 e. The van der Waals surface area contributed by atoms with E-state index in [1.807, 2.05) is 0 Å². The first-order valence-corrected chi connectivity index (χ1v) is 23.8. The summed E-state index contributed by atoms with van der Waals surface area (Å²) in [6.07, 6.45) is 42.8. The maximum atomic E-state index is 12.6. The van der Waals surface area contributed by atoms with Gasteiger partial charge in [0.15, 0.2) is 0 Å². The third kappa shape index (κ3) is 40.6. The van der Waals surface area contributed by atoms with Gasteiger partial charge in [0.25, 0.3) is 0 Å². The number of esters is 1. The summed E-state index contributed by atoms with van der Waals surface area (Å²) in [4.78, 5) is 22.5. The summed E-state index contributed by atoms with van der Waals surface area (Å²) in [5.41, 5.74) is 0. The van der Waals surface area contributed by atoms with Gasteiger partial charge in [-0.15, -0.1) is 0 Å². The van der Waals surface area contributed by atoms with E-state index in [4.69, 9.17) is 23.6 Å². The molecule has 0 aliphatic rings. The third-order valence-electron chi connectivity index (χ3n) is 9.62. The second-order valence-corrected chi connectivity index (χ2v) is 16.5. The Morgan fingerprint density at radius 2 is 1.04 bits per heavy atom. The van der Waals surface area contributed by atoms with Crippen molar-refractivity contribution >= 4 is 13.8 Å². The molecule has 0 spiro atoms. The zero-order chi connectivity index (χ0) is 39.6. The van der Waals surface area contributed by atoms with Gasteiger partial charge in [-0.1, -0.05) is 186 Å². The number of carbonyl (C=O) groups is 1. The van der Waals surface area contributed by atoms with Crippen molar-refractivity contribution < 1.29 is 43.0 Å². The Morgan fingerprint density at radius 3 is 1.56 bits per heavy atom. The Morgan fingerprint density at radius 1 is 0.574 bits per heavy atom. The van der Waals surface area contributed by atoms with Crippen molar-refractivity contribution in [2.75, 3.05) is 33.0 Å². The number of phosphoric ester groups is 1. The van der Waals surface area contributed by atoms with Gasteiger partial charge in [-0.2, -0.15) is 0 Å². The quantitative estimate of drug-likeness (QED) is 0.0239. The Kier molecular flexibility index (Phi) is 40.8. The highest BCUT2D eigenvalue weighted by Crippen LogP contribution is 2.43. The van der Waals surface area contributed by atoms with Crippen molar-refractivity contribution in [3.8, 4) is 0 Å². The molecule has 3 N–H and O–H groups in total.